The van der Waals surface area contributed by atoms with Gasteiger partial charge in [-0.3, -0.25) is 0 Å². The van der Waals surface area contributed by atoms with E-state index in [9.17, 15) is 10.2 Å². The fraction of sp³-hybridized carbons (Fsp3) is 0.559. The SMILES string of the molecule is CC(C)c1ccc2c(-c3[c-]cccc3)nccc2c1.CC1(C)CCCC2CCCC(C)(C)C(O)C2C1O.[Ir]. The zero-order valence-electron chi connectivity index (χ0n) is 24.0. The first-order valence-electron chi connectivity index (χ1n) is 14.2. The molecule has 2 aliphatic carbocycles. The topological polar surface area (TPSA) is 53.4 Å². The van der Waals surface area contributed by atoms with Gasteiger partial charge in [-0.05, 0) is 76.4 Å². The zero-order chi connectivity index (χ0) is 26.8. The van der Waals surface area contributed by atoms with E-state index in [1.807, 2.05) is 24.4 Å². The minimum absolute atomic E-state index is 0. The van der Waals surface area contributed by atoms with Crippen LogP contribution in [0.5, 0.6) is 0 Å². The fourth-order valence-electron chi connectivity index (χ4n) is 6.51. The maximum atomic E-state index is 10.8. The van der Waals surface area contributed by atoms with Gasteiger partial charge < -0.3 is 15.2 Å². The van der Waals surface area contributed by atoms with Crippen molar-refractivity contribution < 1.29 is 30.3 Å². The minimum Gasteiger partial charge on any atom is -0.392 e. The summed E-state index contributed by atoms with van der Waals surface area (Å²) < 4.78 is 0. The van der Waals surface area contributed by atoms with E-state index in [0.717, 1.165) is 24.1 Å². The fourth-order valence-corrected chi connectivity index (χ4v) is 6.51. The Hall–Kier alpha value is -1.58. The van der Waals surface area contributed by atoms with Crippen molar-refractivity contribution in [1.82, 2.24) is 4.98 Å². The standard InChI is InChI=1S/C18H16N.C16H30O2.Ir/c1-13(2)15-8-9-17-16(12-15)10-11-19-18(17)14-6-4-3-5-7-14;1-15(2)9-5-7-11-8-6-10-16(3,4)14(18)12(11)13(15)17;/h3-6,8-13H,1-2H3;11-14,17-18H,5-10H2,1-4H3;/q-1;;. The van der Waals surface area contributed by atoms with Crippen molar-refractivity contribution in [2.45, 2.75) is 98.2 Å². The molecule has 3 aromatic rings. The second-order valence-corrected chi connectivity index (χ2v) is 13.1. The molecule has 2 N–H and O–H groups in total. The summed E-state index contributed by atoms with van der Waals surface area (Å²) in [5, 5.41) is 24.0. The molecular weight excluding hydrogens is 647 g/mol. The van der Waals surface area contributed by atoms with Crippen LogP contribution in [0.15, 0.2) is 54.7 Å². The monoisotopic (exact) mass is 693 g/mol. The molecule has 2 atom stereocenters. The molecule has 2 aliphatic rings. The summed E-state index contributed by atoms with van der Waals surface area (Å²) in [6.07, 6.45) is 8.05. The Morgan fingerprint density at radius 2 is 1.53 bits per heavy atom. The van der Waals surface area contributed by atoms with E-state index in [-0.39, 0.29) is 49.1 Å². The van der Waals surface area contributed by atoms with E-state index in [0.29, 0.717) is 11.8 Å². The first-order chi connectivity index (χ1) is 17.5. The average molecular weight is 693 g/mol. The van der Waals surface area contributed by atoms with Crippen molar-refractivity contribution in [1.29, 1.82) is 0 Å². The molecule has 1 aromatic heterocycles. The van der Waals surface area contributed by atoms with E-state index in [1.54, 1.807) is 0 Å². The largest absolute Gasteiger partial charge is 0.392 e. The van der Waals surface area contributed by atoms with Gasteiger partial charge in [0.25, 0.3) is 0 Å². The van der Waals surface area contributed by atoms with Crippen molar-refractivity contribution in [3.63, 3.8) is 0 Å². The summed E-state index contributed by atoms with van der Waals surface area (Å²) in [6, 6.07) is 19.9. The van der Waals surface area contributed by atoms with E-state index in [4.69, 9.17) is 0 Å². The number of aliphatic hydroxyl groups excluding tert-OH is 2. The molecule has 0 amide bonds. The molecule has 3 nitrogen and oxygen atoms in total. The van der Waals surface area contributed by atoms with Crippen LogP contribution in [0.2, 0.25) is 0 Å². The van der Waals surface area contributed by atoms with E-state index in [1.165, 1.54) is 42.0 Å². The van der Waals surface area contributed by atoms with E-state index < -0.39 is 0 Å². The Balaban J connectivity index is 0.000000206. The number of nitrogens with zero attached hydrogens (tertiary/aromatic N) is 1. The number of hydrogen-bond acceptors (Lipinski definition) is 3. The smallest absolute Gasteiger partial charge is 0.0646 e. The van der Waals surface area contributed by atoms with Crippen molar-refractivity contribution in [2.75, 3.05) is 0 Å². The number of benzene rings is 2. The average Bonchev–Trinajstić information content (AvgIpc) is 3.06. The van der Waals surface area contributed by atoms with Crippen LogP contribution in [0.3, 0.4) is 0 Å². The Morgan fingerprint density at radius 3 is 2.08 bits per heavy atom. The predicted octanol–water partition coefficient (Wildman–Crippen LogP) is 8.18. The van der Waals surface area contributed by atoms with E-state index >= 15 is 0 Å². The number of pyridine rings is 1. The second kappa shape index (κ2) is 12.7. The molecule has 38 heavy (non-hydrogen) atoms. The molecule has 2 aromatic carbocycles. The molecule has 1 radical (unpaired) electrons. The van der Waals surface area contributed by atoms with Gasteiger partial charge in [-0.2, -0.15) is 0 Å². The summed E-state index contributed by atoms with van der Waals surface area (Å²) in [7, 11) is 0. The minimum atomic E-state index is -0.364. The van der Waals surface area contributed by atoms with Gasteiger partial charge in [0.15, 0.2) is 0 Å². The van der Waals surface area contributed by atoms with Crippen LogP contribution in [0.25, 0.3) is 22.0 Å². The normalized spacial score (nSPS) is 26.2. The van der Waals surface area contributed by atoms with Crippen LogP contribution in [0.1, 0.15) is 91.5 Å². The summed E-state index contributed by atoms with van der Waals surface area (Å²) in [5.74, 6) is 1.13. The predicted molar refractivity (Wildman–Crippen MR) is 154 cm³/mol. The van der Waals surface area contributed by atoms with Crippen molar-refractivity contribution in [3.8, 4) is 11.3 Å². The van der Waals surface area contributed by atoms with Gasteiger partial charge >= 0.3 is 0 Å². The maximum Gasteiger partial charge on any atom is 0.0646 e. The van der Waals surface area contributed by atoms with Crippen LogP contribution in [0.4, 0.5) is 0 Å². The molecular formula is C34H46IrNO2-. The molecule has 2 saturated carbocycles. The third kappa shape index (κ3) is 6.76. The van der Waals surface area contributed by atoms with Gasteiger partial charge in [0.1, 0.15) is 0 Å². The molecule has 0 spiro atoms. The van der Waals surface area contributed by atoms with Crippen LogP contribution in [-0.4, -0.2) is 27.4 Å². The van der Waals surface area contributed by atoms with Crippen molar-refractivity contribution >= 4 is 10.8 Å². The first kappa shape index (κ1) is 31.0. The Bertz CT molecular complexity index is 1150. The Labute approximate surface area is 243 Å². The number of aromatic nitrogens is 1. The van der Waals surface area contributed by atoms with Gasteiger partial charge in [-0.25, -0.2) is 0 Å². The molecule has 4 heteroatoms. The number of rotatable bonds is 2. The summed E-state index contributed by atoms with van der Waals surface area (Å²) in [5.41, 5.74) is 3.31. The summed E-state index contributed by atoms with van der Waals surface area (Å²) in [6.45, 7) is 13.1. The zero-order valence-corrected chi connectivity index (χ0v) is 26.4. The molecule has 1 heterocycles. The van der Waals surface area contributed by atoms with Crippen LogP contribution < -0.4 is 0 Å². The Morgan fingerprint density at radius 1 is 0.895 bits per heavy atom. The number of fused-ring (bicyclic) bond motifs is 2. The molecule has 0 bridgehead atoms. The van der Waals surface area contributed by atoms with Gasteiger partial charge in [-0.15, -0.1) is 35.9 Å². The van der Waals surface area contributed by atoms with Gasteiger partial charge in [0, 0.05) is 32.2 Å². The third-order valence-corrected chi connectivity index (χ3v) is 9.09. The van der Waals surface area contributed by atoms with Crippen LogP contribution >= 0.6 is 0 Å². The third-order valence-electron chi connectivity index (χ3n) is 9.09. The van der Waals surface area contributed by atoms with Gasteiger partial charge in [0.05, 0.1) is 12.2 Å². The Kier molecular flexibility index (Phi) is 10.4. The van der Waals surface area contributed by atoms with Gasteiger partial charge in [0.2, 0.25) is 0 Å². The van der Waals surface area contributed by atoms with Crippen LogP contribution in [-0.2, 0) is 20.1 Å². The molecule has 2 unspecified atom stereocenters. The van der Waals surface area contributed by atoms with Crippen molar-refractivity contribution in [3.05, 3.63) is 66.4 Å². The first-order valence-corrected chi connectivity index (χ1v) is 14.2. The summed E-state index contributed by atoms with van der Waals surface area (Å²) >= 11 is 0. The van der Waals surface area contributed by atoms with Crippen LogP contribution in [0, 0.1) is 28.7 Å². The van der Waals surface area contributed by atoms with Crippen molar-refractivity contribution in [2.24, 2.45) is 22.7 Å². The number of aliphatic hydroxyl groups is 2. The van der Waals surface area contributed by atoms with E-state index in [2.05, 4.69) is 82.9 Å². The molecule has 5 rings (SSSR count). The number of hydrogen-bond donors (Lipinski definition) is 2. The molecule has 0 aliphatic heterocycles. The maximum absolute atomic E-state index is 10.8. The summed E-state index contributed by atoms with van der Waals surface area (Å²) in [4.78, 5) is 4.52. The molecule has 209 valence electrons. The second-order valence-electron chi connectivity index (χ2n) is 13.1. The quantitative estimate of drug-likeness (QED) is 0.267. The van der Waals surface area contributed by atoms with Gasteiger partial charge in [-0.1, -0.05) is 72.6 Å². The molecule has 0 saturated heterocycles. The molecule has 2 fully saturated rings.